The third-order valence-electron chi connectivity index (χ3n) is 11.2. The maximum absolute atomic E-state index is 6.64. The SMILES string of the molecule is c1ccc(-c2cccc(-c3ccccc3)c2-n2c3ccccc3c3c(N(c4ccccc4)c4ccccc4-c4cccc5c4oc4ccccc45)cccc32)cc1. The van der Waals surface area contributed by atoms with E-state index in [0.29, 0.717) is 0 Å². The smallest absolute Gasteiger partial charge is 0.143 e. The lowest BCUT2D eigenvalue weighted by Gasteiger charge is -2.28. The van der Waals surface area contributed by atoms with Crippen LogP contribution in [-0.2, 0) is 0 Å². The average molecular weight is 729 g/mol. The Balaban J connectivity index is 1.22. The molecule has 0 aliphatic heterocycles. The fourth-order valence-electron chi connectivity index (χ4n) is 8.75. The molecule has 11 aromatic rings. The van der Waals surface area contributed by atoms with Crippen LogP contribution >= 0.6 is 0 Å². The summed E-state index contributed by atoms with van der Waals surface area (Å²) in [5, 5.41) is 4.59. The van der Waals surface area contributed by atoms with Gasteiger partial charge >= 0.3 is 0 Å². The van der Waals surface area contributed by atoms with Crippen LogP contribution in [0.3, 0.4) is 0 Å². The van der Waals surface area contributed by atoms with E-state index in [-0.39, 0.29) is 0 Å². The summed E-state index contributed by atoms with van der Waals surface area (Å²) >= 11 is 0. The van der Waals surface area contributed by atoms with Gasteiger partial charge < -0.3 is 13.9 Å². The highest BCUT2D eigenvalue weighted by Crippen LogP contribution is 2.49. The molecule has 0 bridgehead atoms. The predicted octanol–water partition coefficient (Wildman–Crippen LogP) is 15.2. The molecule has 0 amide bonds. The molecule has 0 spiro atoms. The van der Waals surface area contributed by atoms with E-state index in [0.717, 1.165) is 66.8 Å². The summed E-state index contributed by atoms with van der Waals surface area (Å²) < 4.78 is 9.13. The first-order valence-corrected chi connectivity index (χ1v) is 19.4. The van der Waals surface area contributed by atoms with Crippen molar-refractivity contribution in [3.05, 3.63) is 218 Å². The molecule has 57 heavy (non-hydrogen) atoms. The normalized spacial score (nSPS) is 11.5. The molecule has 0 atom stereocenters. The molecule has 9 aromatic carbocycles. The van der Waals surface area contributed by atoms with Crippen LogP contribution in [0.25, 0.3) is 82.8 Å². The summed E-state index contributed by atoms with van der Waals surface area (Å²) in [6, 6.07) is 78.1. The Bertz CT molecular complexity index is 3180. The number of fused-ring (bicyclic) bond motifs is 6. The summed E-state index contributed by atoms with van der Waals surface area (Å²) in [5.41, 5.74) is 15.3. The maximum Gasteiger partial charge on any atom is 0.143 e. The fourth-order valence-corrected chi connectivity index (χ4v) is 8.75. The van der Waals surface area contributed by atoms with Crippen LogP contribution in [0.4, 0.5) is 17.1 Å². The van der Waals surface area contributed by atoms with Gasteiger partial charge in [-0.3, -0.25) is 0 Å². The Kier molecular flexibility index (Phi) is 7.82. The minimum absolute atomic E-state index is 0.889. The van der Waals surface area contributed by atoms with Crippen LogP contribution in [0.15, 0.2) is 223 Å². The zero-order valence-electron chi connectivity index (χ0n) is 31.1. The molecule has 0 saturated heterocycles. The van der Waals surface area contributed by atoms with Gasteiger partial charge in [-0.25, -0.2) is 0 Å². The van der Waals surface area contributed by atoms with E-state index in [4.69, 9.17) is 4.42 Å². The van der Waals surface area contributed by atoms with E-state index < -0.39 is 0 Å². The number of para-hydroxylation sites is 6. The highest BCUT2D eigenvalue weighted by molar-refractivity contribution is 6.18. The number of benzene rings is 9. The van der Waals surface area contributed by atoms with E-state index in [1.165, 1.54) is 33.0 Å². The van der Waals surface area contributed by atoms with Crippen molar-refractivity contribution < 1.29 is 4.42 Å². The number of aromatic nitrogens is 1. The van der Waals surface area contributed by atoms with Crippen LogP contribution in [-0.4, -0.2) is 4.57 Å². The van der Waals surface area contributed by atoms with E-state index >= 15 is 0 Å². The van der Waals surface area contributed by atoms with Gasteiger partial charge in [-0.15, -0.1) is 0 Å². The van der Waals surface area contributed by atoms with Crippen LogP contribution in [0.5, 0.6) is 0 Å². The molecule has 0 saturated carbocycles. The molecule has 0 aliphatic rings. The number of rotatable bonds is 7. The van der Waals surface area contributed by atoms with Gasteiger partial charge in [0.1, 0.15) is 11.2 Å². The molecule has 0 N–H and O–H groups in total. The van der Waals surface area contributed by atoms with Gasteiger partial charge in [-0.05, 0) is 53.6 Å². The van der Waals surface area contributed by atoms with Gasteiger partial charge in [0, 0.05) is 49.5 Å². The maximum atomic E-state index is 6.64. The van der Waals surface area contributed by atoms with Gasteiger partial charge in [-0.1, -0.05) is 176 Å². The molecule has 2 heterocycles. The summed E-state index contributed by atoms with van der Waals surface area (Å²) in [5.74, 6) is 0. The van der Waals surface area contributed by atoms with Gasteiger partial charge in [-0.2, -0.15) is 0 Å². The van der Waals surface area contributed by atoms with Crippen LogP contribution < -0.4 is 4.90 Å². The Morgan fingerprint density at radius 3 is 1.61 bits per heavy atom. The Morgan fingerprint density at radius 1 is 0.351 bits per heavy atom. The van der Waals surface area contributed by atoms with E-state index in [9.17, 15) is 0 Å². The van der Waals surface area contributed by atoms with Gasteiger partial charge in [0.2, 0.25) is 0 Å². The number of furan rings is 1. The minimum Gasteiger partial charge on any atom is -0.455 e. The van der Waals surface area contributed by atoms with Gasteiger partial charge in [0.25, 0.3) is 0 Å². The highest BCUT2D eigenvalue weighted by Gasteiger charge is 2.26. The Morgan fingerprint density at radius 2 is 0.860 bits per heavy atom. The van der Waals surface area contributed by atoms with E-state index in [1.807, 2.05) is 6.07 Å². The largest absolute Gasteiger partial charge is 0.455 e. The standard InChI is InChI=1S/C54H36N2O/c1-4-19-37(20-5-1)40-28-16-29-41(38-21-6-2-7-22-38)53(40)56-48-33-14-11-27-46(48)52-49(34-18-35-50(52)56)55(39-23-8-3-9-24-39)47-32-13-10-25-42(47)44-30-17-31-45-43-26-12-15-36-51(43)57-54(44)45/h1-36H. The average Bonchev–Trinajstić information content (AvgIpc) is 3.84. The number of hydrogen-bond donors (Lipinski definition) is 0. The van der Waals surface area contributed by atoms with Crippen LogP contribution in [0.1, 0.15) is 0 Å². The first-order valence-electron chi connectivity index (χ1n) is 19.4. The molecule has 0 fully saturated rings. The number of anilines is 3. The molecule has 0 aliphatic carbocycles. The zero-order valence-corrected chi connectivity index (χ0v) is 31.1. The van der Waals surface area contributed by atoms with Crippen molar-refractivity contribution in [2.24, 2.45) is 0 Å². The predicted molar refractivity (Wildman–Crippen MR) is 239 cm³/mol. The van der Waals surface area contributed by atoms with E-state index in [1.54, 1.807) is 0 Å². The van der Waals surface area contributed by atoms with Crippen LogP contribution in [0.2, 0.25) is 0 Å². The molecule has 3 heteroatoms. The van der Waals surface area contributed by atoms with Crippen molar-refractivity contribution in [1.29, 1.82) is 0 Å². The second-order valence-corrected chi connectivity index (χ2v) is 14.4. The first-order chi connectivity index (χ1) is 28.3. The molecular formula is C54H36N2O. The first kappa shape index (κ1) is 32.8. The molecule has 11 rings (SSSR count). The summed E-state index contributed by atoms with van der Waals surface area (Å²) in [7, 11) is 0. The Hall–Kier alpha value is -7.62. The molecule has 0 radical (unpaired) electrons. The van der Waals surface area contributed by atoms with E-state index in [2.05, 4.69) is 222 Å². The highest BCUT2D eigenvalue weighted by atomic mass is 16.3. The summed E-state index contributed by atoms with van der Waals surface area (Å²) in [4.78, 5) is 2.43. The van der Waals surface area contributed by atoms with Crippen molar-refractivity contribution in [3.63, 3.8) is 0 Å². The summed E-state index contributed by atoms with van der Waals surface area (Å²) in [6.45, 7) is 0. The van der Waals surface area contributed by atoms with Gasteiger partial charge in [0.15, 0.2) is 0 Å². The quantitative estimate of drug-likeness (QED) is 0.163. The monoisotopic (exact) mass is 728 g/mol. The number of nitrogens with zero attached hydrogens (tertiary/aromatic N) is 2. The third-order valence-corrected chi connectivity index (χ3v) is 11.2. The van der Waals surface area contributed by atoms with Crippen molar-refractivity contribution >= 4 is 60.8 Å². The molecule has 2 aromatic heterocycles. The van der Waals surface area contributed by atoms with Crippen molar-refractivity contribution in [1.82, 2.24) is 4.57 Å². The van der Waals surface area contributed by atoms with Crippen LogP contribution in [0, 0.1) is 0 Å². The molecule has 3 nitrogen and oxygen atoms in total. The Labute approximate surface area is 330 Å². The zero-order chi connectivity index (χ0) is 37.7. The number of hydrogen-bond acceptors (Lipinski definition) is 2. The van der Waals surface area contributed by atoms with Crippen molar-refractivity contribution in [2.75, 3.05) is 4.90 Å². The molecule has 0 unspecified atom stereocenters. The summed E-state index contributed by atoms with van der Waals surface area (Å²) in [6.07, 6.45) is 0. The molecular weight excluding hydrogens is 693 g/mol. The lowest BCUT2D eigenvalue weighted by atomic mass is 9.95. The van der Waals surface area contributed by atoms with Gasteiger partial charge in [0.05, 0.1) is 28.1 Å². The second-order valence-electron chi connectivity index (χ2n) is 14.4. The minimum atomic E-state index is 0.889. The molecule has 268 valence electrons. The second kappa shape index (κ2) is 13.6. The van der Waals surface area contributed by atoms with Crippen molar-refractivity contribution in [3.8, 4) is 39.1 Å². The fraction of sp³-hybridized carbons (Fsp3) is 0. The van der Waals surface area contributed by atoms with Crippen molar-refractivity contribution in [2.45, 2.75) is 0 Å². The lowest BCUT2D eigenvalue weighted by Crippen LogP contribution is -2.11. The third kappa shape index (κ3) is 5.36. The lowest BCUT2D eigenvalue weighted by molar-refractivity contribution is 0.670. The topological polar surface area (TPSA) is 21.3 Å².